The molecular weight excluding hydrogens is 310 g/mol. The van der Waals surface area contributed by atoms with Crippen molar-refractivity contribution in [1.29, 1.82) is 0 Å². The zero-order valence-electron chi connectivity index (χ0n) is 13.2. The van der Waals surface area contributed by atoms with Gasteiger partial charge >= 0.3 is 0 Å². The molecule has 3 rings (SSSR count). The maximum Gasteiger partial charge on any atom is 0.245 e. The third-order valence-corrected chi connectivity index (χ3v) is 4.54. The first-order chi connectivity index (χ1) is 11.0. The van der Waals surface area contributed by atoms with Crippen LogP contribution < -0.4 is 10.6 Å². The molecule has 1 heterocycles. The van der Waals surface area contributed by atoms with E-state index in [0.29, 0.717) is 5.13 Å². The van der Waals surface area contributed by atoms with Crippen molar-refractivity contribution in [2.75, 3.05) is 11.9 Å². The van der Waals surface area contributed by atoms with Gasteiger partial charge in [0.2, 0.25) is 11.8 Å². The Bertz CT molecular complexity index is 750. The molecule has 23 heavy (non-hydrogen) atoms. The Balaban J connectivity index is 1.60. The Kier molecular flexibility index (Phi) is 4.43. The summed E-state index contributed by atoms with van der Waals surface area (Å²) in [7, 11) is 0. The minimum atomic E-state index is -0.250. The predicted octanol–water partition coefficient (Wildman–Crippen LogP) is 2.89. The van der Waals surface area contributed by atoms with Gasteiger partial charge in [-0.05, 0) is 32.3 Å². The molecule has 1 aromatic carbocycles. The van der Waals surface area contributed by atoms with Crippen LogP contribution in [0.1, 0.15) is 24.0 Å². The molecule has 0 bridgehead atoms. The lowest BCUT2D eigenvalue weighted by molar-refractivity contribution is -0.125. The lowest BCUT2D eigenvalue weighted by Gasteiger charge is -2.05. The van der Waals surface area contributed by atoms with Gasteiger partial charge in [0.05, 0.1) is 12.2 Å². The van der Waals surface area contributed by atoms with Crippen LogP contribution in [0.3, 0.4) is 0 Å². The van der Waals surface area contributed by atoms with Gasteiger partial charge in [-0.3, -0.25) is 9.59 Å². The molecule has 0 atom stereocenters. The number of anilines is 1. The van der Waals surface area contributed by atoms with Crippen molar-refractivity contribution in [3.05, 3.63) is 34.7 Å². The molecule has 5 nitrogen and oxygen atoms in total. The largest absolute Gasteiger partial charge is 0.347 e. The van der Waals surface area contributed by atoms with Crippen LogP contribution in [0.25, 0.3) is 11.3 Å². The van der Waals surface area contributed by atoms with Gasteiger partial charge in [0.1, 0.15) is 0 Å². The molecule has 1 saturated carbocycles. The number of aryl methyl sites for hydroxylation is 2. The van der Waals surface area contributed by atoms with E-state index in [2.05, 4.69) is 28.6 Å². The van der Waals surface area contributed by atoms with E-state index in [1.54, 1.807) is 0 Å². The molecule has 6 heteroatoms. The molecule has 1 aromatic heterocycles. The van der Waals surface area contributed by atoms with Crippen molar-refractivity contribution in [2.24, 2.45) is 5.92 Å². The number of carbonyl (C=O) groups is 2. The Hall–Kier alpha value is -2.21. The number of nitrogens with zero attached hydrogens (tertiary/aromatic N) is 1. The van der Waals surface area contributed by atoms with E-state index in [1.807, 2.05) is 24.4 Å². The summed E-state index contributed by atoms with van der Waals surface area (Å²) in [5, 5.41) is 7.85. The number of hydrogen-bond acceptors (Lipinski definition) is 4. The number of carbonyl (C=O) groups excluding carboxylic acids is 2. The fraction of sp³-hybridized carbons (Fsp3) is 0.353. The topological polar surface area (TPSA) is 71.1 Å². The minimum Gasteiger partial charge on any atom is -0.347 e. The maximum absolute atomic E-state index is 11.9. The lowest BCUT2D eigenvalue weighted by atomic mass is 10.0. The van der Waals surface area contributed by atoms with E-state index >= 15 is 0 Å². The smallest absolute Gasteiger partial charge is 0.245 e. The molecule has 1 aliphatic rings. The average Bonchev–Trinajstić information content (AvgIpc) is 3.26. The predicted molar refractivity (Wildman–Crippen MR) is 91.4 cm³/mol. The highest BCUT2D eigenvalue weighted by atomic mass is 32.1. The first-order valence-electron chi connectivity index (χ1n) is 7.63. The number of thiazole rings is 1. The number of nitrogens with one attached hydrogen (secondary N) is 2. The van der Waals surface area contributed by atoms with Crippen LogP contribution in [-0.4, -0.2) is 23.3 Å². The molecule has 0 spiro atoms. The zero-order valence-corrected chi connectivity index (χ0v) is 14.0. The lowest BCUT2D eigenvalue weighted by Crippen LogP contribution is -2.33. The summed E-state index contributed by atoms with van der Waals surface area (Å²) in [5.41, 5.74) is 4.28. The molecule has 0 radical (unpaired) electrons. The molecular formula is C17H19N3O2S. The molecule has 0 aliphatic heterocycles. The number of amides is 2. The molecule has 0 unspecified atom stereocenters. The number of aromatic nitrogens is 1. The number of rotatable bonds is 5. The highest BCUT2D eigenvalue weighted by Crippen LogP contribution is 2.29. The van der Waals surface area contributed by atoms with E-state index in [9.17, 15) is 9.59 Å². The molecule has 2 amide bonds. The Labute approximate surface area is 139 Å². The Morgan fingerprint density at radius 1 is 1.30 bits per heavy atom. The first kappa shape index (κ1) is 15.7. The van der Waals surface area contributed by atoms with Crippen LogP contribution >= 0.6 is 11.3 Å². The zero-order chi connectivity index (χ0) is 16.4. The highest BCUT2D eigenvalue weighted by molar-refractivity contribution is 7.14. The Morgan fingerprint density at radius 2 is 2.09 bits per heavy atom. The highest BCUT2D eigenvalue weighted by Gasteiger charge is 2.29. The van der Waals surface area contributed by atoms with Crippen molar-refractivity contribution in [3.8, 4) is 11.3 Å². The normalized spacial score (nSPS) is 13.7. The Morgan fingerprint density at radius 3 is 2.78 bits per heavy atom. The van der Waals surface area contributed by atoms with Gasteiger partial charge in [-0.1, -0.05) is 23.8 Å². The van der Waals surface area contributed by atoms with Gasteiger partial charge < -0.3 is 10.6 Å². The van der Waals surface area contributed by atoms with Gasteiger partial charge in [0, 0.05) is 16.9 Å². The summed E-state index contributed by atoms with van der Waals surface area (Å²) in [6.45, 7) is 4.10. The van der Waals surface area contributed by atoms with Gasteiger partial charge in [-0.25, -0.2) is 4.98 Å². The van der Waals surface area contributed by atoms with Crippen molar-refractivity contribution >= 4 is 28.3 Å². The third kappa shape index (κ3) is 3.96. The van der Waals surface area contributed by atoms with Crippen molar-refractivity contribution in [2.45, 2.75) is 26.7 Å². The summed E-state index contributed by atoms with van der Waals surface area (Å²) < 4.78 is 0. The molecule has 2 N–H and O–H groups in total. The minimum absolute atomic E-state index is 0.00614. The molecule has 0 saturated heterocycles. The molecule has 1 fully saturated rings. The SMILES string of the molecule is Cc1ccc(-c2csc(NC(=O)CNC(=O)C3CC3)n2)c(C)c1. The van der Waals surface area contributed by atoms with Gasteiger partial charge in [0.25, 0.3) is 0 Å². The number of benzene rings is 1. The fourth-order valence-corrected chi connectivity index (χ4v) is 3.10. The van der Waals surface area contributed by atoms with Crippen molar-refractivity contribution in [3.63, 3.8) is 0 Å². The summed E-state index contributed by atoms with van der Waals surface area (Å²) in [4.78, 5) is 27.8. The van der Waals surface area contributed by atoms with E-state index < -0.39 is 0 Å². The van der Waals surface area contributed by atoms with E-state index in [1.165, 1.54) is 16.9 Å². The monoisotopic (exact) mass is 329 g/mol. The summed E-state index contributed by atoms with van der Waals surface area (Å²) in [5.74, 6) is -0.172. The van der Waals surface area contributed by atoms with Crippen LogP contribution in [0, 0.1) is 19.8 Å². The maximum atomic E-state index is 11.9. The first-order valence-corrected chi connectivity index (χ1v) is 8.51. The van der Waals surface area contributed by atoms with Crippen LogP contribution in [-0.2, 0) is 9.59 Å². The summed E-state index contributed by atoms with van der Waals surface area (Å²) in [6.07, 6.45) is 1.86. The van der Waals surface area contributed by atoms with E-state index in [4.69, 9.17) is 0 Å². The van der Waals surface area contributed by atoms with E-state index in [0.717, 1.165) is 29.7 Å². The second-order valence-corrected chi connectivity index (χ2v) is 6.75. The van der Waals surface area contributed by atoms with Crippen LogP contribution in [0.5, 0.6) is 0 Å². The van der Waals surface area contributed by atoms with Crippen LogP contribution in [0.2, 0.25) is 0 Å². The molecule has 2 aromatic rings. The quantitative estimate of drug-likeness (QED) is 0.886. The summed E-state index contributed by atoms with van der Waals surface area (Å²) in [6, 6.07) is 6.20. The second kappa shape index (κ2) is 6.50. The van der Waals surface area contributed by atoms with Crippen LogP contribution in [0.4, 0.5) is 5.13 Å². The van der Waals surface area contributed by atoms with Gasteiger partial charge in [0.15, 0.2) is 5.13 Å². The van der Waals surface area contributed by atoms with Gasteiger partial charge in [-0.2, -0.15) is 0 Å². The van der Waals surface area contributed by atoms with E-state index in [-0.39, 0.29) is 24.3 Å². The molecule has 1 aliphatic carbocycles. The average molecular weight is 329 g/mol. The summed E-state index contributed by atoms with van der Waals surface area (Å²) >= 11 is 1.38. The van der Waals surface area contributed by atoms with Gasteiger partial charge in [-0.15, -0.1) is 11.3 Å². The van der Waals surface area contributed by atoms with Crippen molar-refractivity contribution < 1.29 is 9.59 Å². The van der Waals surface area contributed by atoms with Crippen LogP contribution in [0.15, 0.2) is 23.6 Å². The molecule has 120 valence electrons. The van der Waals surface area contributed by atoms with Crippen molar-refractivity contribution in [1.82, 2.24) is 10.3 Å². The number of hydrogen-bond donors (Lipinski definition) is 2. The third-order valence-electron chi connectivity index (χ3n) is 3.78. The second-order valence-electron chi connectivity index (χ2n) is 5.90. The standard InChI is InChI=1S/C17H19N3O2S/c1-10-3-6-13(11(2)7-10)14-9-23-17(19-14)20-15(21)8-18-16(22)12-4-5-12/h3,6-7,9,12H,4-5,8H2,1-2H3,(H,18,22)(H,19,20,21). The fourth-order valence-electron chi connectivity index (χ4n) is 2.38.